The Balaban J connectivity index is 1.89. The van der Waals surface area contributed by atoms with Crippen molar-refractivity contribution in [3.05, 3.63) is 17.5 Å². The van der Waals surface area contributed by atoms with Gasteiger partial charge in [0.05, 0.1) is 0 Å². The van der Waals surface area contributed by atoms with Gasteiger partial charge in [-0.05, 0) is 18.3 Å². The van der Waals surface area contributed by atoms with E-state index in [4.69, 9.17) is 11.6 Å². The van der Waals surface area contributed by atoms with E-state index in [2.05, 4.69) is 34.7 Å². The molecule has 2 rings (SSSR count). The number of halogens is 1. The molecule has 1 saturated heterocycles. The van der Waals surface area contributed by atoms with Crippen molar-refractivity contribution in [1.29, 1.82) is 0 Å². The predicted octanol–water partition coefficient (Wildman–Crippen LogP) is 2.14. The first-order valence-electron chi connectivity index (χ1n) is 6.33. The monoisotopic (exact) mass is 283 g/mol. The summed E-state index contributed by atoms with van der Waals surface area (Å²) in [5.74, 6) is 1.39. The number of anilines is 1. The van der Waals surface area contributed by atoms with Crippen molar-refractivity contribution in [3.8, 4) is 0 Å². The first kappa shape index (κ1) is 13.9. The summed E-state index contributed by atoms with van der Waals surface area (Å²) in [7, 11) is 0. The Hall–Kier alpha value is -1.56. The second-order valence-corrected chi connectivity index (χ2v) is 5.46. The fourth-order valence-corrected chi connectivity index (χ4v) is 2.58. The Bertz CT molecular complexity index is 446. The minimum absolute atomic E-state index is 0.167. The maximum absolute atomic E-state index is 12.0. The highest BCUT2D eigenvalue weighted by molar-refractivity contribution is 6.31. The highest BCUT2D eigenvalue weighted by atomic mass is 35.5. The first-order chi connectivity index (χ1) is 9.06. The van der Waals surface area contributed by atoms with Gasteiger partial charge in [-0.2, -0.15) is 0 Å². The van der Waals surface area contributed by atoms with Gasteiger partial charge in [-0.1, -0.05) is 25.4 Å². The third-order valence-corrected chi connectivity index (χ3v) is 3.37. The molecule has 1 fully saturated rings. The molecule has 2 heterocycles. The molecule has 1 aliphatic heterocycles. The molecule has 0 aromatic carbocycles. The van der Waals surface area contributed by atoms with Crippen LogP contribution in [0.1, 0.15) is 20.3 Å². The zero-order chi connectivity index (χ0) is 13.8. The molecule has 0 radical (unpaired) electrons. The minimum atomic E-state index is -0.167. The maximum atomic E-state index is 12.0. The number of hydrazine groups is 1. The third-order valence-electron chi connectivity index (χ3n) is 3.10. The van der Waals surface area contributed by atoms with E-state index >= 15 is 0 Å². The molecule has 1 aromatic rings. The normalized spacial score (nSPS) is 23.0. The second-order valence-electron chi connectivity index (χ2n) is 5.10. The second kappa shape index (κ2) is 6.06. The molecular formula is C12H18ClN5O. The highest BCUT2D eigenvalue weighted by Gasteiger charge is 2.25. The van der Waals surface area contributed by atoms with E-state index in [9.17, 15) is 4.79 Å². The van der Waals surface area contributed by atoms with Crippen LogP contribution in [0.25, 0.3) is 0 Å². The molecule has 0 saturated carbocycles. The van der Waals surface area contributed by atoms with E-state index in [1.807, 2.05) is 0 Å². The Morgan fingerprint density at radius 1 is 1.32 bits per heavy atom. The molecule has 1 aliphatic rings. The van der Waals surface area contributed by atoms with Gasteiger partial charge >= 0.3 is 6.03 Å². The van der Waals surface area contributed by atoms with Crippen molar-refractivity contribution in [2.75, 3.05) is 18.5 Å². The van der Waals surface area contributed by atoms with Crippen LogP contribution in [-0.2, 0) is 0 Å². The van der Waals surface area contributed by atoms with Crippen LogP contribution < -0.4 is 10.9 Å². The topological polar surface area (TPSA) is 70.2 Å². The van der Waals surface area contributed by atoms with E-state index in [0.717, 1.165) is 19.5 Å². The van der Waals surface area contributed by atoms with Gasteiger partial charge in [0, 0.05) is 25.5 Å². The summed E-state index contributed by atoms with van der Waals surface area (Å²) < 4.78 is 0. The molecule has 2 atom stereocenters. The van der Waals surface area contributed by atoms with Crippen LogP contribution >= 0.6 is 11.6 Å². The molecule has 0 bridgehead atoms. The molecule has 19 heavy (non-hydrogen) atoms. The van der Waals surface area contributed by atoms with Crippen LogP contribution in [0.2, 0.25) is 5.15 Å². The van der Waals surface area contributed by atoms with Gasteiger partial charge in [0.2, 0.25) is 0 Å². The molecule has 2 unspecified atom stereocenters. The molecule has 104 valence electrons. The number of hydrogen-bond donors (Lipinski definition) is 2. The summed E-state index contributed by atoms with van der Waals surface area (Å²) in [5, 5.41) is 0.225. The fraction of sp³-hybridized carbons (Fsp3) is 0.583. The van der Waals surface area contributed by atoms with Crippen LogP contribution in [0.3, 0.4) is 0 Å². The number of nitrogens with zero attached hydrogens (tertiary/aromatic N) is 3. The molecule has 1 aromatic heterocycles. The number of piperidine rings is 1. The van der Waals surface area contributed by atoms with Gasteiger partial charge in [0.1, 0.15) is 0 Å². The Morgan fingerprint density at radius 3 is 2.58 bits per heavy atom. The lowest BCUT2D eigenvalue weighted by atomic mass is 9.92. The minimum Gasteiger partial charge on any atom is -0.323 e. The van der Waals surface area contributed by atoms with Crippen molar-refractivity contribution >= 4 is 23.4 Å². The average Bonchev–Trinajstić information content (AvgIpc) is 2.36. The summed E-state index contributed by atoms with van der Waals surface area (Å²) >= 11 is 5.84. The van der Waals surface area contributed by atoms with E-state index in [1.54, 1.807) is 4.90 Å². The summed E-state index contributed by atoms with van der Waals surface area (Å²) in [6, 6.07) is -0.167. The molecule has 6 nitrogen and oxygen atoms in total. The molecule has 2 amide bonds. The van der Waals surface area contributed by atoms with E-state index < -0.39 is 0 Å². The molecule has 0 spiro atoms. The average molecular weight is 284 g/mol. The fourth-order valence-electron chi connectivity index (χ4n) is 2.43. The highest BCUT2D eigenvalue weighted by Crippen LogP contribution is 2.20. The quantitative estimate of drug-likeness (QED) is 0.816. The number of amides is 2. The van der Waals surface area contributed by atoms with Gasteiger partial charge in [0.25, 0.3) is 0 Å². The maximum Gasteiger partial charge on any atom is 0.336 e. The molecule has 0 aliphatic carbocycles. The zero-order valence-electron chi connectivity index (χ0n) is 11.1. The lowest BCUT2D eigenvalue weighted by Crippen LogP contribution is -2.49. The lowest BCUT2D eigenvalue weighted by Gasteiger charge is -2.34. The number of aromatic nitrogens is 2. The van der Waals surface area contributed by atoms with Crippen LogP contribution in [0.5, 0.6) is 0 Å². The SMILES string of the molecule is CC1CC(C)CN(C(=O)NNc2nccnc2Cl)C1. The van der Waals surface area contributed by atoms with E-state index in [0.29, 0.717) is 17.7 Å². The van der Waals surface area contributed by atoms with E-state index in [-0.39, 0.29) is 11.2 Å². The van der Waals surface area contributed by atoms with Crippen LogP contribution in [0, 0.1) is 11.8 Å². The molecule has 2 N–H and O–H groups in total. The van der Waals surface area contributed by atoms with Gasteiger partial charge < -0.3 is 4.90 Å². The molecular weight excluding hydrogens is 266 g/mol. The van der Waals surface area contributed by atoms with Gasteiger partial charge in [-0.25, -0.2) is 14.8 Å². The van der Waals surface area contributed by atoms with Crippen molar-refractivity contribution < 1.29 is 4.79 Å². The Kier molecular flexibility index (Phi) is 4.42. The van der Waals surface area contributed by atoms with Crippen LogP contribution in [0.4, 0.5) is 10.6 Å². The number of hydrogen-bond acceptors (Lipinski definition) is 4. The van der Waals surface area contributed by atoms with Gasteiger partial charge in [-0.3, -0.25) is 10.9 Å². The van der Waals surface area contributed by atoms with Crippen molar-refractivity contribution in [2.45, 2.75) is 20.3 Å². The summed E-state index contributed by atoms with van der Waals surface area (Å²) in [6.07, 6.45) is 4.15. The lowest BCUT2D eigenvalue weighted by molar-refractivity contribution is 0.147. The Morgan fingerprint density at radius 2 is 1.95 bits per heavy atom. The van der Waals surface area contributed by atoms with Crippen LogP contribution in [-0.4, -0.2) is 34.0 Å². The number of urea groups is 1. The number of carbonyl (C=O) groups excluding carboxylic acids is 1. The summed E-state index contributed by atoms with van der Waals surface area (Å²) in [4.78, 5) is 21.7. The third kappa shape index (κ3) is 3.70. The number of nitrogens with one attached hydrogen (secondary N) is 2. The summed E-state index contributed by atoms with van der Waals surface area (Å²) in [5.41, 5.74) is 5.29. The van der Waals surface area contributed by atoms with E-state index in [1.165, 1.54) is 12.4 Å². The Labute approximate surface area is 117 Å². The molecule has 7 heteroatoms. The van der Waals surface area contributed by atoms with Crippen molar-refractivity contribution in [1.82, 2.24) is 20.3 Å². The van der Waals surface area contributed by atoms with Gasteiger partial charge in [0.15, 0.2) is 11.0 Å². The predicted molar refractivity (Wildman–Crippen MR) is 73.7 cm³/mol. The number of likely N-dealkylation sites (tertiary alicyclic amines) is 1. The van der Waals surface area contributed by atoms with Crippen molar-refractivity contribution in [2.24, 2.45) is 11.8 Å². The number of rotatable bonds is 2. The first-order valence-corrected chi connectivity index (χ1v) is 6.71. The zero-order valence-corrected chi connectivity index (χ0v) is 11.8. The standard InChI is InChI=1S/C12H18ClN5O/c1-8-5-9(2)7-18(6-8)12(19)17-16-11-10(13)14-3-4-15-11/h3-4,8-9H,5-7H2,1-2H3,(H,15,16)(H,17,19). The number of carbonyl (C=O) groups is 1. The van der Waals surface area contributed by atoms with Crippen molar-refractivity contribution in [3.63, 3.8) is 0 Å². The van der Waals surface area contributed by atoms with Gasteiger partial charge in [-0.15, -0.1) is 0 Å². The summed E-state index contributed by atoms with van der Waals surface area (Å²) in [6.45, 7) is 5.85. The van der Waals surface area contributed by atoms with Crippen LogP contribution in [0.15, 0.2) is 12.4 Å². The smallest absolute Gasteiger partial charge is 0.323 e. The largest absolute Gasteiger partial charge is 0.336 e.